The summed E-state index contributed by atoms with van der Waals surface area (Å²) >= 11 is 0. The number of Topliss-reactive ketones (excluding diaryl/α,β-unsaturated/α-hetero) is 1. The third kappa shape index (κ3) is 8.20. The number of hydrogen-bond acceptors (Lipinski definition) is 8. The summed E-state index contributed by atoms with van der Waals surface area (Å²) in [6.45, 7) is 6.92. The summed E-state index contributed by atoms with van der Waals surface area (Å²) in [5.41, 5.74) is 0.944. The van der Waals surface area contributed by atoms with Crippen LogP contribution in [-0.4, -0.2) is 73.1 Å². The summed E-state index contributed by atoms with van der Waals surface area (Å²) in [5, 5.41) is 8.89. The largest absolute Gasteiger partial charge is 0.508 e. The van der Waals surface area contributed by atoms with Crippen molar-refractivity contribution in [3.05, 3.63) is 30.0 Å². The molecule has 218 valence electrons. The Labute approximate surface area is 232 Å². The molecule has 4 N–H and O–H groups in total. The van der Waals surface area contributed by atoms with Gasteiger partial charge in [-0.25, -0.2) is 4.79 Å². The fourth-order valence-corrected chi connectivity index (χ4v) is 4.52. The lowest BCUT2D eigenvalue weighted by Gasteiger charge is -2.25. The Hall–Kier alpha value is -4.09. The molecule has 2 aromatic rings. The molecular formula is C28H38N4O8. The monoisotopic (exact) mass is 558 g/mol. The number of hydrogen-bond donors (Lipinski definition) is 4. The van der Waals surface area contributed by atoms with Crippen molar-refractivity contribution in [3.8, 4) is 5.75 Å². The lowest BCUT2D eigenvalue weighted by atomic mass is 9.95. The zero-order valence-electron chi connectivity index (χ0n) is 23.5. The molecule has 1 aromatic carbocycles. The lowest BCUT2D eigenvalue weighted by Crippen LogP contribution is -2.53. The molecule has 0 aliphatic carbocycles. The summed E-state index contributed by atoms with van der Waals surface area (Å²) in [7, 11) is 1.54. The smallest absolute Gasteiger partial charge is 0.496 e. The maximum absolute atomic E-state index is 13.4. The molecule has 0 spiro atoms. The molecule has 1 aliphatic heterocycles. The number of aromatic amines is 1. The van der Waals surface area contributed by atoms with Gasteiger partial charge in [-0.1, -0.05) is 19.9 Å². The highest BCUT2D eigenvalue weighted by molar-refractivity contribution is 6.02. The number of nitrogens with one attached hydrogen (secondary N) is 4. The summed E-state index contributed by atoms with van der Waals surface area (Å²) in [6.07, 6.45) is -0.608. The number of ether oxygens (including phenoxy) is 3. The number of benzene rings is 1. The molecule has 1 aliphatic rings. The van der Waals surface area contributed by atoms with Crippen LogP contribution in [0.4, 0.5) is 4.79 Å². The number of fused-ring (bicyclic) bond motifs is 1. The van der Waals surface area contributed by atoms with E-state index in [1.165, 1.54) is 7.11 Å². The predicted molar refractivity (Wildman–Crippen MR) is 146 cm³/mol. The number of carbonyl (C=O) groups is 5. The molecule has 1 fully saturated rings. The molecule has 40 heavy (non-hydrogen) atoms. The Morgan fingerprint density at radius 2 is 1.82 bits per heavy atom. The number of carbonyl (C=O) groups excluding carboxylic acids is 5. The Morgan fingerprint density at radius 1 is 1.07 bits per heavy atom. The van der Waals surface area contributed by atoms with E-state index < -0.39 is 54.5 Å². The van der Waals surface area contributed by atoms with E-state index in [9.17, 15) is 24.0 Å². The van der Waals surface area contributed by atoms with Crippen molar-refractivity contribution in [2.45, 2.75) is 65.1 Å². The van der Waals surface area contributed by atoms with Crippen molar-refractivity contribution in [1.82, 2.24) is 20.9 Å². The lowest BCUT2D eigenvalue weighted by molar-refractivity contribution is -0.132. The first-order valence-electron chi connectivity index (χ1n) is 13.4. The van der Waals surface area contributed by atoms with Gasteiger partial charge in [0.15, 0.2) is 12.4 Å². The molecule has 12 nitrogen and oxygen atoms in total. The number of amides is 3. The average Bonchev–Trinajstić information content (AvgIpc) is 3.51. The number of methoxy groups -OCH3 is 1. The van der Waals surface area contributed by atoms with E-state index in [0.29, 0.717) is 30.7 Å². The topological polar surface area (TPSA) is 165 Å². The van der Waals surface area contributed by atoms with Gasteiger partial charge in [-0.05, 0) is 57.2 Å². The van der Waals surface area contributed by atoms with E-state index in [1.54, 1.807) is 38.1 Å². The Bertz CT molecular complexity index is 1240. The first kappa shape index (κ1) is 30.5. The van der Waals surface area contributed by atoms with Crippen LogP contribution in [0.5, 0.6) is 5.75 Å². The van der Waals surface area contributed by atoms with E-state index in [4.69, 9.17) is 14.2 Å². The Morgan fingerprint density at radius 3 is 2.45 bits per heavy atom. The Balaban J connectivity index is 1.75. The van der Waals surface area contributed by atoms with Crippen LogP contribution in [0.25, 0.3) is 10.9 Å². The van der Waals surface area contributed by atoms with Crippen molar-refractivity contribution in [2.75, 3.05) is 20.3 Å². The average molecular weight is 559 g/mol. The SMILES string of the molecule is COc1cccc2[nH]c(C(=O)N[C@@H](CC(C)C)C(=O)N[C@@H](C[C@@H]3CCNC3=O)C(=O)COC(=O)OC(C)C)cc12. The molecule has 3 atom stereocenters. The molecular weight excluding hydrogens is 520 g/mol. The van der Waals surface area contributed by atoms with Crippen LogP contribution in [0.15, 0.2) is 24.3 Å². The molecule has 3 rings (SSSR count). The van der Waals surface area contributed by atoms with Gasteiger partial charge in [0.1, 0.15) is 17.5 Å². The second-order valence-electron chi connectivity index (χ2n) is 10.5. The van der Waals surface area contributed by atoms with Crippen molar-refractivity contribution >= 4 is 40.6 Å². The van der Waals surface area contributed by atoms with Gasteiger partial charge in [0.05, 0.1) is 19.3 Å². The minimum Gasteiger partial charge on any atom is -0.496 e. The number of rotatable bonds is 13. The highest BCUT2D eigenvalue weighted by atomic mass is 16.7. The summed E-state index contributed by atoms with van der Waals surface area (Å²) in [4.78, 5) is 66.6. The van der Waals surface area contributed by atoms with Gasteiger partial charge in [-0.15, -0.1) is 0 Å². The van der Waals surface area contributed by atoms with Crippen LogP contribution < -0.4 is 20.7 Å². The third-order valence-corrected chi connectivity index (χ3v) is 6.47. The van der Waals surface area contributed by atoms with Gasteiger partial charge in [0.25, 0.3) is 5.91 Å². The molecule has 0 saturated carbocycles. The minimum absolute atomic E-state index is 0.0303. The Kier molecular flexibility index (Phi) is 10.5. The first-order valence-corrected chi connectivity index (χ1v) is 13.4. The molecule has 0 radical (unpaired) electrons. The number of aromatic nitrogens is 1. The quantitative estimate of drug-likeness (QED) is 0.272. The highest BCUT2D eigenvalue weighted by Gasteiger charge is 2.34. The fourth-order valence-electron chi connectivity index (χ4n) is 4.52. The van der Waals surface area contributed by atoms with Gasteiger partial charge in [0.2, 0.25) is 11.8 Å². The van der Waals surface area contributed by atoms with Crippen LogP contribution in [0.2, 0.25) is 0 Å². The second kappa shape index (κ2) is 13.8. The van der Waals surface area contributed by atoms with Crippen molar-refractivity contribution in [1.29, 1.82) is 0 Å². The molecule has 0 unspecified atom stereocenters. The standard InChI is InChI=1S/C28H38N4O8/c1-15(2)11-21(32-27(36)22-13-18-19(30-22)7-6-8-24(18)38-5)26(35)31-20(12-17-9-10-29-25(17)34)23(33)14-39-28(37)40-16(3)4/h6-8,13,15-17,20-21,30H,9-12,14H2,1-5H3,(H,29,34)(H,31,35)(H,32,36)/t17-,20-,21-/m0/s1. The van der Waals surface area contributed by atoms with Crippen LogP contribution in [-0.2, 0) is 23.9 Å². The van der Waals surface area contributed by atoms with E-state index >= 15 is 0 Å². The molecule has 0 bridgehead atoms. The fraction of sp³-hybridized carbons (Fsp3) is 0.536. The van der Waals surface area contributed by atoms with Gasteiger partial charge >= 0.3 is 6.16 Å². The van der Waals surface area contributed by atoms with Crippen LogP contribution in [0.3, 0.4) is 0 Å². The second-order valence-corrected chi connectivity index (χ2v) is 10.5. The molecule has 1 saturated heterocycles. The van der Waals surface area contributed by atoms with Gasteiger partial charge in [-0.2, -0.15) is 0 Å². The zero-order valence-corrected chi connectivity index (χ0v) is 23.5. The van der Waals surface area contributed by atoms with Crippen LogP contribution >= 0.6 is 0 Å². The van der Waals surface area contributed by atoms with Crippen molar-refractivity contribution in [3.63, 3.8) is 0 Å². The van der Waals surface area contributed by atoms with Crippen LogP contribution in [0.1, 0.15) is 57.4 Å². The third-order valence-electron chi connectivity index (χ3n) is 6.47. The van der Waals surface area contributed by atoms with Gasteiger partial charge in [-0.3, -0.25) is 19.2 Å². The van der Waals surface area contributed by atoms with Gasteiger partial charge in [0, 0.05) is 23.4 Å². The van der Waals surface area contributed by atoms with Crippen molar-refractivity contribution in [2.24, 2.45) is 11.8 Å². The molecule has 3 amide bonds. The van der Waals surface area contributed by atoms with E-state index in [0.717, 1.165) is 5.39 Å². The minimum atomic E-state index is -1.11. The highest BCUT2D eigenvalue weighted by Crippen LogP contribution is 2.26. The number of ketones is 1. The van der Waals surface area contributed by atoms with Crippen molar-refractivity contribution < 1.29 is 38.2 Å². The summed E-state index contributed by atoms with van der Waals surface area (Å²) in [6, 6.07) is 4.94. The first-order chi connectivity index (χ1) is 19.0. The van der Waals surface area contributed by atoms with E-state index in [-0.39, 0.29) is 23.9 Å². The molecule has 2 heterocycles. The molecule has 12 heteroatoms. The predicted octanol–water partition coefficient (Wildman–Crippen LogP) is 2.46. The maximum atomic E-state index is 13.4. The summed E-state index contributed by atoms with van der Waals surface area (Å²) < 4.78 is 15.2. The van der Waals surface area contributed by atoms with E-state index in [2.05, 4.69) is 20.9 Å². The zero-order chi connectivity index (χ0) is 29.4. The van der Waals surface area contributed by atoms with E-state index in [1.807, 2.05) is 13.8 Å². The summed E-state index contributed by atoms with van der Waals surface area (Å²) in [5.74, 6) is -1.76. The molecule has 1 aromatic heterocycles. The normalized spacial score (nSPS) is 16.4. The maximum Gasteiger partial charge on any atom is 0.508 e. The number of H-pyrrole nitrogens is 1. The van der Waals surface area contributed by atoms with Gasteiger partial charge < -0.3 is 35.1 Å². The van der Waals surface area contributed by atoms with Crippen LogP contribution in [0, 0.1) is 11.8 Å².